The summed E-state index contributed by atoms with van der Waals surface area (Å²) in [5, 5.41) is 5.98. The number of aldehydes is 1. The first kappa shape index (κ1) is 21.9. The summed E-state index contributed by atoms with van der Waals surface area (Å²) in [6, 6.07) is 13.7. The Morgan fingerprint density at radius 3 is 2.47 bits per heavy atom. The molecule has 1 saturated heterocycles. The number of anilines is 3. The highest BCUT2D eigenvalue weighted by Crippen LogP contribution is 2.34. The molecular weight excluding hydrogens is 374 g/mol. The lowest BCUT2D eigenvalue weighted by Gasteiger charge is -2.34. The molecule has 30 heavy (non-hydrogen) atoms. The van der Waals surface area contributed by atoms with Gasteiger partial charge in [0.2, 0.25) is 0 Å². The topological polar surface area (TPSA) is 61.4 Å². The first-order valence-electron chi connectivity index (χ1n) is 11.0. The highest BCUT2D eigenvalue weighted by Gasteiger charge is 2.21. The molecule has 2 aromatic carbocycles. The molecule has 0 aliphatic carbocycles. The molecule has 0 saturated carbocycles. The first-order valence-corrected chi connectivity index (χ1v) is 11.0. The quantitative estimate of drug-likeness (QED) is 0.557. The highest BCUT2D eigenvalue weighted by atomic mass is 16.2. The zero-order chi connectivity index (χ0) is 21.5. The minimum absolute atomic E-state index is 0.165. The summed E-state index contributed by atoms with van der Waals surface area (Å²) in [5.74, 6) is 0.900. The van der Waals surface area contributed by atoms with Crippen LogP contribution in [0.25, 0.3) is 0 Å². The number of nitrogens with one attached hydrogen (secondary N) is 2. The Balaban J connectivity index is 1.84. The van der Waals surface area contributed by atoms with Crippen molar-refractivity contribution in [1.29, 1.82) is 0 Å². The number of carbonyl (C=O) groups excluding carboxylic acids is 2. The largest absolute Gasteiger partial charge is 0.370 e. The van der Waals surface area contributed by atoms with E-state index in [9.17, 15) is 9.59 Å². The van der Waals surface area contributed by atoms with Crippen molar-refractivity contribution in [3.05, 3.63) is 53.6 Å². The van der Waals surface area contributed by atoms with Crippen LogP contribution in [-0.2, 0) is 4.79 Å². The molecule has 5 heteroatoms. The summed E-state index contributed by atoms with van der Waals surface area (Å²) in [6.07, 6.45) is 4.66. The molecule has 2 aromatic rings. The molecule has 160 valence electrons. The first-order chi connectivity index (χ1) is 14.5. The Kier molecular flexibility index (Phi) is 7.50. The highest BCUT2D eigenvalue weighted by molar-refractivity contribution is 6.02. The van der Waals surface area contributed by atoms with Gasteiger partial charge in [0.15, 0.2) is 0 Å². The van der Waals surface area contributed by atoms with Crippen molar-refractivity contribution in [2.45, 2.75) is 52.4 Å². The predicted octanol–water partition coefficient (Wildman–Crippen LogP) is 5.96. The minimum Gasteiger partial charge on any atom is -0.370 e. The van der Waals surface area contributed by atoms with E-state index < -0.39 is 0 Å². The molecule has 2 amide bonds. The number of urea groups is 1. The van der Waals surface area contributed by atoms with Crippen LogP contribution in [0.1, 0.15) is 56.6 Å². The summed E-state index contributed by atoms with van der Waals surface area (Å²) in [6.45, 7) is 8.37. The molecular formula is C25H33N3O2. The van der Waals surface area contributed by atoms with E-state index in [1.807, 2.05) is 37.3 Å². The van der Waals surface area contributed by atoms with Crippen molar-refractivity contribution >= 4 is 29.4 Å². The van der Waals surface area contributed by atoms with Crippen LogP contribution in [0.15, 0.2) is 42.5 Å². The Hall–Kier alpha value is -2.82. The standard InChI is InChI=1S/C25H33N3O2/c1-4-20(13-16-29)21-7-10-24(28-14-11-19(3)12-15-28)23(17-21)27-25(30)26-22-8-5-18(2)6-9-22/h5-10,16-17,19-20H,4,11-15H2,1-3H3,(H2,26,27,30). The van der Waals surface area contributed by atoms with Gasteiger partial charge in [-0.1, -0.05) is 37.6 Å². The number of hydrogen-bond acceptors (Lipinski definition) is 3. The number of carbonyl (C=O) groups is 2. The van der Waals surface area contributed by atoms with Gasteiger partial charge in [-0.25, -0.2) is 4.79 Å². The maximum Gasteiger partial charge on any atom is 0.323 e. The van der Waals surface area contributed by atoms with Gasteiger partial charge in [0.25, 0.3) is 0 Å². The molecule has 1 fully saturated rings. The van der Waals surface area contributed by atoms with Gasteiger partial charge < -0.3 is 20.3 Å². The fourth-order valence-corrected chi connectivity index (χ4v) is 4.01. The maximum absolute atomic E-state index is 12.7. The number of hydrogen-bond donors (Lipinski definition) is 2. The summed E-state index contributed by atoms with van der Waals surface area (Å²) in [5.41, 5.74) is 4.84. The molecule has 2 N–H and O–H groups in total. The molecule has 0 radical (unpaired) electrons. The molecule has 1 heterocycles. The molecule has 3 rings (SSSR count). The Morgan fingerprint density at radius 2 is 1.83 bits per heavy atom. The van der Waals surface area contributed by atoms with Crippen LogP contribution >= 0.6 is 0 Å². The lowest BCUT2D eigenvalue weighted by atomic mass is 9.92. The third-order valence-electron chi connectivity index (χ3n) is 6.05. The summed E-state index contributed by atoms with van der Waals surface area (Å²) in [4.78, 5) is 26.2. The molecule has 1 aliphatic rings. The number of amides is 2. The van der Waals surface area contributed by atoms with Crippen molar-refractivity contribution in [2.75, 3.05) is 28.6 Å². The van der Waals surface area contributed by atoms with Gasteiger partial charge in [0.1, 0.15) is 6.29 Å². The van der Waals surface area contributed by atoms with E-state index in [1.165, 1.54) is 0 Å². The van der Waals surface area contributed by atoms with Crippen molar-refractivity contribution in [3.63, 3.8) is 0 Å². The van der Waals surface area contributed by atoms with Gasteiger partial charge in [-0.05, 0) is 67.9 Å². The Labute approximate surface area is 179 Å². The summed E-state index contributed by atoms with van der Waals surface area (Å²) < 4.78 is 0. The van der Waals surface area contributed by atoms with Gasteiger partial charge >= 0.3 is 6.03 Å². The van der Waals surface area contributed by atoms with Crippen molar-refractivity contribution in [2.24, 2.45) is 5.92 Å². The number of aryl methyl sites for hydroxylation is 1. The van der Waals surface area contributed by atoms with Gasteiger partial charge in [-0.3, -0.25) is 0 Å². The third kappa shape index (κ3) is 5.62. The SMILES string of the molecule is CCC(CC=O)c1ccc(N2CCC(C)CC2)c(NC(=O)Nc2ccc(C)cc2)c1. The van der Waals surface area contributed by atoms with E-state index >= 15 is 0 Å². The number of piperidine rings is 1. The maximum atomic E-state index is 12.7. The van der Waals surface area contributed by atoms with Crippen LogP contribution in [0.5, 0.6) is 0 Å². The van der Waals surface area contributed by atoms with E-state index in [0.29, 0.717) is 6.42 Å². The molecule has 1 aliphatic heterocycles. The zero-order valence-electron chi connectivity index (χ0n) is 18.3. The number of nitrogens with zero attached hydrogens (tertiary/aromatic N) is 1. The second-order valence-electron chi connectivity index (χ2n) is 8.40. The second kappa shape index (κ2) is 10.3. The van der Waals surface area contributed by atoms with Crippen LogP contribution < -0.4 is 15.5 Å². The molecule has 0 bridgehead atoms. The monoisotopic (exact) mass is 407 g/mol. The molecule has 1 atom stereocenters. The lowest BCUT2D eigenvalue weighted by molar-refractivity contribution is -0.108. The van der Waals surface area contributed by atoms with Gasteiger partial charge in [-0.2, -0.15) is 0 Å². The minimum atomic E-state index is -0.258. The number of rotatable bonds is 7. The predicted molar refractivity (Wildman–Crippen MR) is 125 cm³/mol. The fraction of sp³-hybridized carbons (Fsp3) is 0.440. The smallest absolute Gasteiger partial charge is 0.323 e. The third-order valence-corrected chi connectivity index (χ3v) is 6.05. The van der Waals surface area contributed by atoms with Gasteiger partial charge in [0, 0.05) is 25.2 Å². The van der Waals surface area contributed by atoms with E-state index in [4.69, 9.17) is 0 Å². The summed E-state index contributed by atoms with van der Waals surface area (Å²) >= 11 is 0. The van der Waals surface area contributed by atoms with E-state index in [-0.39, 0.29) is 11.9 Å². The summed E-state index contributed by atoms with van der Waals surface area (Å²) in [7, 11) is 0. The number of benzene rings is 2. The Morgan fingerprint density at radius 1 is 1.13 bits per heavy atom. The molecule has 5 nitrogen and oxygen atoms in total. The van der Waals surface area contributed by atoms with Crippen LogP contribution in [0.3, 0.4) is 0 Å². The van der Waals surface area contributed by atoms with E-state index in [0.717, 1.165) is 72.7 Å². The van der Waals surface area contributed by atoms with Crippen molar-refractivity contribution in [1.82, 2.24) is 0 Å². The molecule has 0 spiro atoms. The average Bonchev–Trinajstić information content (AvgIpc) is 2.74. The van der Waals surface area contributed by atoms with Gasteiger partial charge in [0.05, 0.1) is 11.4 Å². The molecule has 0 aromatic heterocycles. The van der Waals surface area contributed by atoms with Crippen molar-refractivity contribution in [3.8, 4) is 0 Å². The van der Waals surface area contributed by atoms with Crippen molar-refractivity contribution < 1.29 is 9.59 Å². The molecule has 1 unspecified atom stereocenters. The van der Waals surface area contributed by atoms with Gasteiger partial charge in [-0.15, -0.1) is 0 Å². The normalized spacial score (nSPS) is 15.5. The van der Waals surface area contributed by atoms with E-state index in [1.54, 1.807) is 0 Å². The van der Waals surface area contributed by atoms with E-state index in [2.05, 4.69) is 41.5 Å². The lowest BCUT2D eigenvalue weighted by Crippen LogP contribution is -2.33. The fourth-order valence-electron chi connectivity index (χ4n) is 4.01. The Bertz CT molecular complexity index is 855. The van der Waals surface area contributed by atoms with Crippen LogP contribution in [0, 0.1) is 12.8 Å². The van der Waals surface area contributed by atoms with Crippen LogP contribution in [0.2, 0.25) is 0 Å². The van der Waals surface area contributed by atoms with Crippen LogP contribution in [-0.4, -0.2) is 25.4 Å². The zero-order valence-corrected chi connectivity index (χ0v) is 18.3. The second-order valence-corrected chi connectivity index (χ2v) is 8.40. The average molecular weight is 408 g/mol. The van der Waals surface area contributed by atoms with Crippen LogP contribution in [0.4, 0.5) is 21.9 Å².